The second-order valence-corrected chi connectivity index (χ2v) is 7.78. The van der Waals surface area contributed by atoms with Gasteiger partial charge in [0.1, 0.15) is 6.10 Å². The van der Waals surface area contributed by atoms with E-state index < -0.39 is 16.1 Å². The van der Waals surface area contributed by atoms with Crippen molar-refractivity contribution in [3.8, 4) is 0 Å². The maximum atomic E-state index is 13.0. The standard InChI is InChI=1S/C19H19NO4S/c1-13-7-9-16(10-8-13)25(22,23)20-12-11-18-17(5-4-6-19(18)20)14(2)24-15(3)21/h4-12,14H,1-3H3. The molecule has 1 heterocycles. The number of rotatable bonds is 4. The molecule has 0 amide bonds. The molecule has 130 valence electrons. The monoisotopic (exact) mass is 357 g/mol. The van der Waals surface area contributed by atoms with Gasteiger partial charge in [-0.2, -0.15) is 0 Å². The molecule has 0 aliphatic carbocycles. The van der Waals surface area contributed by atoms with Gasteiger partial charge in [0, 0.05) is 24.1 Å². The summed E-state index contributed by atoms with van der Waals surface area (Å²) in [5.41, 5.74) is 2.32. The number of aromatic nitrogens is 1. The third-order valence-corrected chi connectivity index (χ3v) is 5.79. The van der Waals surface area contributed by atoms with Crippen molar-refractivity contribution in [2.24, 2.45) is 0 Å². The van der Waals surface area contributed by atoms with Crippen LogP contribution in [0.5, 0.6) is 0 Å². The fourth-order valence-electron chi connectivity index (χ4n) is 2.87. The number of hydrogen-bond acceptors (Lipinski definition) is 4. The van der Waals surface area contributed by atoms with E-state index in [4.69, 9.17) is 4.74 Å². The van der Waals surface area contributed by atoms with Crippen molar-refractivity contribution in [3.05, 3.63) is 65.9 Å². The van der Waals surface area contributed by atoms with Gasteiger partial charge < -0.3 is 4.74 Å². The number of carbonyl (C=O) groups is 1. The van der Waals surface area contributed by atoms with E-state index in [1.165, 1.54) is 17.1 Å². The van der Waals surface area contributed by atoms with Crippen molar-refractivity contribution >= 4 is 26.9 Å². The van der Waals surface area contributed by atoms with E-state index in [0.717, 1.165) is 16.5 Å². The topological polar surface area (TPSA) is 65.4 Å². The molecule has 0 N–H and O–H groups in total. The average molecular weight is 357 g/mol. The molecular weight excluding hydrogens is 338 g/mol. The Morgan fingerprint density at radius 2 is 1.76 bits per heavy atom. The number of benzene rings is 2. The van der Waals surface area contributed by atoms with Gasteiger partial charge in [-0.15, -0.1) is 0 Å². The summed E-state index contributed by atoms with van der Waals surface area (Å²) in [4.78, 5) is 11.4. The molecule has 3 aromatic rings. The first-order valence-corrected chi connectivity index (χ1v) is 9.34. The molecule has 0 radical (unpaired) electrons. The van der Waals surface area contributed by atoms with Crippen molar-refractivity contribution in [3.63, 3.8) is 0 Å². The Kier molecular flexibility index (Phi) is 4.39. The fourth-order valence-corrected chi connectivity index (χ4v) is 4.21. The molecule has 0 spiro atoms. The van der Waals surface area contributed by atoms with Gasteiger partial charge in [-0.25, -0.2) is 12.4 Å². The van der Waals surface area contributed by atoms with Crippen molar-refractivity contribution < 1.29 is 17.9 Å². The molecular formula is C19H19NO4S. The minimum atomic E-state index is -3.70. The summed E-state index contributed by atoms with van der Waals surface area (Å²) < 4.78 is 32.4. The molecule has 1 atom stereocenters. The zero-order valence-corrected chi connectivity index (χ0v) is 15.1. The number of esters is 1. The maximum absolute atomic E-state index is 13.0. The summed E-state index contributed by atoms with van der Waals surface area (Å²) in [7, 11) is -3.70. The highest BCUT2D eigenvalue weighted by molar-refractivity contribution is 7.90. The Labute approximate surface area is 146 Å². The van der Waals surface area contributed by atoms with Gasteiger partial charge >= 0.3 is 5.97 Å². The van der Waals surface area contributed by atoms with E-state index >= 15 is 0 Å². The lowest BCUT2D eigenvalue weighted by molar-refractivity contribution is -0.145. The van der Waals surface area contributed by atoms with Crippen LogP contribution in [0.3, 0.4) is 0 Å². The van der Waals surface area contributed by atoms with Crippen LogP contribution in [-0.2, 0) is 19.6 Å². The number of ether oxygens (including phenoxy) is 1. The van der Waals surface area contributed by atoms with Crippen LogP contribution in [0.15, 0.2) is 59.6 Å². The summed E-state index contributed by atoms with van der Waals surface area (Å²) in [6.07, 6.45) is 1.07. The van der Waals surface area contributed by atoms with Crippen LogP contribution in [0.1, 0.15) is 31.1 Å². The molecule has 5 nitrogen and oxygen atoms in total. The molecule has 6 heteroatoms. The maximum Gasteiger partial charge on any atom is 0.303 e. The lowest BCUT2D eigenvalue weighted by Gasteiger charge is -2.14. The summed E-state index contributed by atoms with van der Waals surface area (Å²) >= 11 is 0. The van der Waals surface area contributed by atoms with Gasteiger partial charge in [0.15, 0.2) is 0 Å². The SMILES string of the molecule is CC(=O)OC(C)c1cccc2c1ccn2S(=O)(=O)c1ccc(C)cc1. The molecule has 0 bridgehead atoms. The summed E-state index contributed by atoms with van der Waals surface area (Å²) in [5.74, 6) is -0.379. The van der Waals surface area contributed by atoms with E-state index in [9.17, 15) is 13.2 Å². The molecule has 0 fully saturated rings. The molecule has 3 rings (SSSR count). The van der Waals surface area contributed by atoms with Gasteiger partial charge in [0.05, 0.1) is 10.4 Å². The Bertz CT molecular complexity index is 1030. The van der Waals surface area contributed by atoms with Gasteiger partial charge in [0.2, 0.25) is 0 Å². The highest BCUT2D eigenvalue weighted by Gasteiger charge is 2.21. The lowest BCUT2D eigenvalue weighted by atomic mass is 10.1. The minimum absolute atomic E-state index is 0.231. The number of hydrogen-bond donors (Lipinski definition) is 0. The van der Waals surface area contributed by atoms with Crippen molar-refractivity contribution in [2.75, 3.05) is 0 Å². The van der Waals surface area contributed by atoms with Crippen LogP contribution in [0, 0.1) is 6.92 Å². The van der Waals surface area contributed by atoms with E-state index in [0.29, 0.717) is 5.52 Å². The molecule has 0 aliphatic rings. The Hall–Kier alpha value is -2.60. The quantitative estimate of drug-likeness (QED) is 0.666. The van der Waals surface area contributed by atoms with Crippen LogP contribution in [0.4, 0.5) is 0 Å². The first kappa shape index (κ1) is 17.2. The number of aryl methyl sites for hydroxylation is 1. The van der Waals surface area contributed by atoms with E-state index in [-0.39, 0.29) is 10.9 Å². The predicted octanol–water partition coefficient (Wildman–Crippen LogP) is 3.81. The van der Waals surface area contributed by atoms with Crippen molar-refractivity contribution in [2.45, 2.75) is 31.8 Å². The van der Waals surface area contributed by atoms with E-state index in [2.05, 4.69) is 0 Å². The largest absolute Gasteiger partial charge is 0.458 e. The second kappa shape index (κ2) is 6.37. The third kappa shape index (κ3) is 3.17. The summed E-state index contributed by atoms with van der Waals surface area (Å²) in [6.45, 7) is 5.02. The molecule has 0 saturated heterocycles. The van der Waals surface area contributed by atoms with Crippen molar-refractivity contribution in [1.29, 1.82) is 0 Å². The lowest BCUT2D eigenvalue weighted by Crippen LogP contribution is -2.12. The first-order chi connectivity index (χ1) is 11.8. The predicted molar refractivity (Wildman–Crippen MR) is 95.9 cm³/mol. The number of nitrogens with zero attached hydrogens (tertiary/aromatic N) is 1. The van der Waals surface area contributed by atoms with E-state index in [1.54, 1.807) is 49.4 Å². The molecule has 25 heavy (non-hydrogen) atoms. The first-order valence-electron chi connectivity index (χ1n) is 7.90. The normalized spacial score (nSPS) is 12.9. The summed E-state index contributed by atoms with van der Waals surface area (Å²) in [6, 6.07) is 13.8. The Morgan fingerprint density at radius 1 is 1.08 bits per heavy atom. The fraction of sp³-hybridized carbons (Fsp3) is 0.211. The van der Waals surface area contributed by atoms with Crippen LogP contribution in [0.25, 0.3) is 10.9 Å². The minimum Gasteiger partial charge on any atom is -0.458 e. The summed E-state index contributed by atoms with van der Waals surface area (Å²) in [5, 5.41) is 0.743. The van der Waals surface area contributed by atoms with Crippen molar-refractivity contribution in [1.82, 2.24) is 3.97 Å². The second-order valence-electron chi connectivity index (χ2n) is 5.96. The Balaban J connectivity index is 2.13. The Morgan fingerprint density at radius 3 is 2.40 bits per heavy atom. The molecule has 0 aliphatic heterocycles. The van der Waals surface area contributed by atoms with Gasteiger partial charge in [0.25, 0.3) is 10.0 Å². The smallest absolute Gasteiger partial charge is 0.303 e. The van der Waals surface area contributed by atoms with Crippen LogP contribution < -0.4 is 0 Å². The van der Waals surface area contributed by atoms with Crippen LogP contribution >= 0.6 is 0 Å². The van der Waals surface area contributed by atoms with Gasteiger partial charge in [-0.1, -0.05) is 29.8 Å². The number of carbonyl (C=O) groups excluding carboxylic acids is 1. The van der Waals surface area contributed by atoms with Gasteiger partial charge in [-0.05, 0) is 38.1 Å². The molecule has 0 saturated carbocycles. The average Bonchev–Trinajstić information content (AvgIpc) is 2.99. The molecule has 1 aromatic heterocycles. The molecule has 2 aromatic carbocycles. The highest BCUT2D eigenvalue weighted by atomic mass is 32.2. The zero-order valence-electron chi connectivity index (χ0n) is 14.3. The third-order valence-electron chi connectivity index (χ3n) is 4.09. The number of fused-ring (bicyclic) bond motifs is 1. The van der Waals surface area contributed by atoms with E-state index in [1.807, 2.05) is 13.0 Å². The van der Waals surface area contributed by atoms with Crippen LogP contribution in [-0.4, -0.2) is 18.4 Å². The highest BCUT2D eigenvalue weighted by Crippen LogP contribution is 2.29. The zero-order chi connectivity index (χ0) is 18.2. The molecule has 1 unspecified atom stereocenters. The van der Waals surface area contributed by atoms with Crippen LogP contribution in [0.2, 0.25) is 0 Å². The van der Waals surface area contributed by atoms with Gasteiger partial charge in [-0.3, -0.25) is 4.79 Å².